The summed E-state index contributed by atoms with van der Waals surface area (Å²) >= 11 is 5.89. The summed E-state index contributed by atoms with van der Waals surface area (Å²) in [6, 6.07) is 0. The summed E-state index contributed by atoms with van der Waals surface area (Å²) < 4.78 is 0. The lowest BCUT2D eigenvalue weighted by atomic mass is 9.88. The summed E-state index contributed by atoms with van der Waals surface area (Å²) in [5.74, 6) is -1.99. The maximum Gasteiger partial charge on any atom is 0.329 e. The molecule has 1 unspecified atom stereocenters. The highest BCUT2D eigenvalue weighted by Gasteiger charge is 2.39. The number of aliphatic carboxylic acids is 1. The van der Waals surface area contributed by atoms with Gasteiger partial charge in [0.05, 0.1) is 10.7 Å². The standard InChI is InChI=1S/C11H16ClN3O3/c1-5(2)11(4,10(17)18)13-9(16)8-7(12)6(3)14-15-8/h5H,1-4H3,(H,13,16)(H,14,15)(H,17,18). The van der Waals surface area contributed by atoms with Gasteiger partial charge >= 0.3 is 5.97 Å². The van der Waals surface area contributed by atoms with Crippen molar-refractivity contribution in [1.82, 2.24) is 15.5 Å². The molecule has 0 saturated carbocycles. The van der Waals surface area contributed by atoms with Crippen LogP contribution in [0.5, 0.6) is 0 Å². The first kappa shape index (κ1) is 14.5. The van der Waals surface area contributed by atoms with Crippen molar-refractivity contribution in [1.29, 1.82) is 0 Å². The molecular weight excluding hydrogens is 258 g/mol. The van der Waals surface area contributed by atoms with Crippen LogP contribution in [-0.2, 0) is 4.79 Å². The summed E-state index contributed by atoms with van der Waals surface area (Å²) in [6.07, 6.45) is 0. The van der Waals surface area contributed by atoms with Crippen LogP contribution in [0.15, 0.2) is 0 Å². The molecule has 1 heterocycles. The number of nitrogens with zero attached hydrogens (tertiary/aromatic N) is 1. The Morgan fingerprint density at radius 2 is 2.06 bits per heavy atom. The van der Waals surface area contributed by atoms with Crippen molar-refractivity contribution in [2.75, 3.05) is 0 Å². The molecule has 7 heteroatoms. The second kappa shape index (κ2) is 4.97. The molecule has 0 spiro atoms. The normalized spacial score (nSPS) is 14.3. The zero-order valence-corrected chi connectivity index (χ0v) is 11.4. The first-order chi connectivity index (χ1) is 8.20. The van der Waals surface area contributed by atoms with Gasteiger partial charge in [-0.2, -0.15) is 5.10 Å². The van der Waals surface area contributed by atoms with Crippen molar-refractivity contribution in [3.05, 3.63) is 16.4 Å². The first-order valence-corrected chi connectivity index (χ1v) is 5.84. The Morgan fingerprint density at radius 1 is 1.50 bits per heavy atom. The Kier molecular flexibility index (Phi) is 4.01. The number of carbonyl (C=O) groups excluding carboxylic acids is 1. The van der Waals surface area contributed by atoms with Crippen LogP contribution in [0.1, 0.15) is 37.0 Å². The van der Waals surface area contributed by atoms with Crippen molar-refractivity contribution in [2.24, 2.45) is 5.92 Å². The highest BCUT2D eigenvalue weighted by Crippen LogP contribution is 2.21. The maximum absolute atomic E-state index is 12.0. The van der Waals surface area contributed by atoms with Gasteiger partial charge < -0.3 is 10.4 Å². The lowest BCUT2D eigenvalue weighted by Crippen LogP contribution is -2.56. The molecule has 1 aromatic rings. The fourth-order valence-corrected chi connectivity index (χ4v) is 1.48. The minimum atomic E-state index is -1.37. The van der Waals surface area contributed by atoms with Gasteiger partial charge in [0, 0.05) is 0 Å². The fourth-order valence-electron chi connectivity index (χ4n) is 1.31. The quantitative estimate of drug-likeness (QED) is 0.776. The molecule has 1 amide bonds. The predicted molar refractivity (Wildman–Crippen MR) is 66.7 cm³/mol. The smallest absolute Gasteiger partial charge is 0.329 e. The number of aromatic amines is 1. The van der Waals surface area contributed by atoms with Gasteiger partial charge in [0.1, 0.15) is 5.54 Å². The van der Waals surface area contributed by atoms with Crippen LogP contribution >= 0.6 is 11.6 Å². The molecule has 18 heavy (non-hydrogen) atoms. The lowest BCUT2D eigenvalue weighted by Gasteiger charge is -2.29. The van der Waals surface area contributed by atoms with Gasteiger partial charge in [-0.1, -0.05) is 25.4 Å². The zero-order valence-electron chi connectivity index (χ0n) is 10.7. The van der Waals surface area contributed by atoms with Gasteiger partial charge in [-0.05, 0) is 19.8 Å². The van der Waals surface area contributed by atoms with Crippen molar-refractivity contribution in [3.63, 3.8) is 0 Å². The number of aryl methyl sites for hydroxylation is 1. The van der Waals surface area contributed by atoms with E-state index in [0.717, 1.165) is 0 Å². The molecule has 0 aliphatic heterocycles. The Labute approximate surface area is 110 Å². The summed E-state index contributed by atoms with van der Waals surface area (Å²) in [7, 11) is 0. The van der Waals surface area contributed by atoms with E-state index in [4.69, 9.17) is 11.6 Å². The third kappa shape index (κ3) is 2.48. The number of rotatable bonds is 4. The van der Waals surface area contributed by atoms with Crippen molar-refractivity contribution < 1.29 is 14.7 Å². The summed E-state index contributed by atoms with van der Waals surface area (Å²) in [6.45, 7) is 6.55. The number of nitrogens with one attached hydrogen (secondary N) is 2. The van der Waals surface area contributed by atoms with Crippen LogP contribution in [0, 0.1) is 12.8 Å². The van der Waals surface area contributed by atoms with Crippen LogP contribution < -0.4 is 5.32 Å². The fraction of sp³-hybridized carbons (Fsp3) is 0.545. The number of carboxylic acid groups (broad SMARTS) is 1. The molecule has 1 aromatic heterocycles. The van der Waals surface area contributed by atoms with Gasteiger partial charge in [-0.25, -0.2) is 4.79 Å². The Morgan fingerprint density at radius 3 is 2.39 bits per heavy atom. The summed E-state index contributed by atoms with van der Waals surface area (Å²) in [4.78, 5) is 23.2. The van der Waals surface area contributed by atoms with Gasteiger partial charge in [0.2, 0.25) is 0 Å². The molecule has 1 rings (SSSR count). The Bertz CT molecular complexity index is 484. The number of carbonyl (C=O) groups is 2. The largest absolute Gasteiger partial charge is 0.480 e. The van der Waals surface area contributed by atoms with E-state index in [9.17, 15) is 14.7 Å². The van der Waals surface area contributed by atoms with E-state index in [2.05, 4.69) is 15.5 Å². The van der Waals surface area contributed by atoms with Gasteiger partial charge in [-0.3, -0.25) is 9.89 Å². The van der Waals surface area contributed by atoms with Crippen LogP contribution in [0.4, 0.5) is 0 Å². The summed E-state index contributed by atoms with van der Waals surface area (Å²) in [5, 5.41) is 18.2. The number of aromatic nitrogens is 2. The van der Waals surface area contributed by atoms with Crippen LogP contribution in [0.25, 0.3) is 0 Å². The molecule has 0 radical (unpaired) electrons. The topological polar surface area (TPSA) is 95.1 Å². The summed E-state index contributed by atoms with van der Waals surface area (Å²) in [5.41, 5.74) is -0.807. The van der Waals surface area contributed by atoms with Gasteiger partial charge in [-0.15, -0.1) is 0 Å². The number of amides is 1. The van der Waals surface area contributed by atoms with E-state index in [1.54, 1.807) is 20.8 Å². The van der Waals surface area contributed by atoms with E-state index in [1.807, 2.05) is 0 Å². The maximum atomic E-state index is 12.0. The van der Waals surface area contributed by atoms with Gasteiger partial charge in [0.15, 0.2) is 5.69 Å². The van der Waals surface area contributed by atoms with E-state index < -0.39 is 17.4 Å². The number of carboxylic acids is 1. The van der Waals surface area contributed by atoms with Crippen LogP contribution in [0.3, 0.4) is 0 Å². The van der Waals surface area contributed by atoms with E-state index in [1.165, 1.54) is 6.92 Å². The third-order valence-corrected chi connectivity index (χ3v) is 3.52. The Balaban J connectivity index is 3.00. The second-order valence-corrected chi connectivity index (χ2v) is 5.01. The predicted octanol–water partition coefficient (Wildman–Crippen LogP) is 1.60. The third-order valence-electron chi connectivity index (χ3n) is 3.06. The second-order valence-electron chi connectivity index (χ2n) is 4.63. The number of H-pyrrole nitrogens is 1. The molecule has 6 nitrogen and oxygen atoms in total. The van der Waals surface area contributed by atoms with Crippen molar-refractivity contribution in [3.8, 4) is 0 Å². The Hall–Kier alpha value is -1.56. The molecule has 0 aliphatic rings. The molecule has 100 valence electrons. The molecule has 0 fully saturated rings. The molecule has 0 bridgehead atoms. The highest BCUT2D eigenvalue weighted by molar-refractivity contribution is 6.34. The number of hydrogen-bond acceptors (Lipinski definition) is 3. The average molecular weight is 274 g/mol. The SMILES string of the molecule is Cc1[nH]nc(C(=O)NC(C)(C(=O)O)C(C)C)c1Cl. The molecule has 3 N–H and O–H groups in total. The number of halogens is 1. The van der Waals surface area contributed by atoms with Crippen LogP contribution in [0.2, 0.25) is 5.02 Å². The first-order valence-electron chi connectivity index (χ1n) is 5.46. The van der Waals surface area contributed by atoms with Crippen LogP contribution in [-0.4, -0.2) is 32.7 Å². The van der Waals surface area contributed by atoms with Crippen molar-refractivity contribution in [2.45, 2.75) is 33.2 Å². The van der Waals surface area contributed by atoms with E-state index in [-0.39, 0.29) is 16.6 Å². The van der Waals surface area contributed by atoms with E-state index in [0.29, 0.717) is 5.69 Å². The molecule has 0 aromatic carbocycles. The minimum absolute atomic E-state index is 0.00212. The molecule has 1 atom stereocenters. The average Bonchev–Trinajstić information content (AvgIpc) is 2.59. The molecule has 0 saturated heterocycles. The highest BCUT2D eigenvalue weighted by atomic mass is 35.5. The lowest BCUT2D eigenvalue weighted by molar-refractivity contribution is -0.145. The van der Waals surface area contributed by atoms with Crippen molar-refractivity contribution >= 4 is 23.5 Å². The van der Waals surface area contributed by atoms with E-state index >= 15 is 0 Å². The monoisotopic (exact) mass is 273 g/mol. The van der Waals surface area contributed by atoms with Gasteiger partial charge in [0.25, 0.3) is 5.91 Å². The molecular formula is C11H16ClN3O3. The number of hydrogen-bond donors (Lipinski definition) is 3. The molecule has 0 aliphatic carbocycles. The minimum Gasteiger partial charge on any atom is -0.480 e. The zero-order chi connectivity index (χ0) is 14.1.